The molecule has 0 atom stereocenters. The molecule has 1 N–H and O–H groups in total. The minimum absolute atomic E-state index is 0.467. The molecule has 1 aromatic carbocycles. The van der Waals surface area contributed by atoms with Crippen LogP contribution in [0.1, 0.15) is 4.79 Å². The van der Waals surface area contributed by atoms with Crippen molar-refractivity contribution in [1.29, 1.82) is 0 Å². The average molecular weight is 275 g/mol. The van der Waals surface area contributed by atoms with Crippen molar-refractivity contribution in [2.24, 2.45) is 0 Å². The summed E-state index contributed by atoms with van der Waals surface area (Å²) in [4.78, 5) is 22.4. The Labute approximate surface area is 114 Å². The number of benzene rings is 1. The van der Waals surface area contributed by atoms with E-state index in [-0.39, 0.29) is 0 Å². The van der Waals surface area contributed by atoms with Gasteiger partial charge in [0.25, 0.3) is 5.91 Å². The average Bonchev–Trinajstić information content (AvgIpc) is 2.87. The molecule has 0 saturated carbocycles. The Balaban J connectivity index is 2.55. The summed E-state index contributed by atoms with van der Waals surface area (Å²) in [5, 5.41) is 9.32. The van der Waals surface area contributed by atoms with E-state index >= 15 is 0 Å². The van der Waals surface area contributed by atoms with Crippen LogP contribution >= 0.6 is 0 Å². The first-order valence-corrected chi connectivity index (χ1v) is 5.75. The number of carboxylic acids is 1. The molecule has 6 heteroatoms. The molecule has 0 bridgehead atoms. The van der Waals surface area contributed by atoms with E-state index in [4.69, 9.17) is 14.6 Å². The van der Waals surface area contributed by atoms with Crippen LogP contribution in [-0.4, -0.2) is 35.8 Å². The lowest BCUT2D eigenvalue weighted by atomic mass is 10.2. The fraction of sp³-hybridized carbons (Fsp3) is 0.143. The highest BCUT2D eigenvalue weighted by Crippen LogP contribution is 2.31. The first-order valence-electron chi connectivity index (χ1n) is 5.75. The van der Waals surface area contributed by atoms with Crippen molar-refractivity contribution in [3.63, 3.8) is 0 Å². The zero-order chi connectivity index (χ0) is 14.7. The highest BCUT2D eigenvalue weighted by molar-refractivity contribution is 6.02. The normalized spacial score (nSPS) is 10.9. The van der Waals surface area contributed by atoms with Gasteiger partial charge in [-0.15, -0.1) is 0 Å². The molecule has 0 radical (unpaired) electrons. The third-order valence-corrected chi connectivity index (χ3v) is 2.78. The van der Waals surface area contributed by atoms with Gasteiger partial charge in [-0.3, -0.25) is 9.36 Å². The maximum absolute atomic E-state index is 12.0. The van der Waals surface area contributed by atoms with Crippen molar-refractivity contribution in [3.8, 4) is 11.5 Å². The first kappa shape index (κ1) is 13.7. The number of hydrogen-bond acceptors (Lipinski definition) is 4. The third kappa shape index (κ3) is 2.49. The van der Waals surface area contributed by atoms with Crippen molar-refractivity contribution in [2.45, 2.75) is 0 Å². The predicted octanol–water partition coefficient (Wildman–Crippen LogP) is 1.94. The van der Waals surface area contributed by atoms with Crippen molar-refractivity contribution in [1.82, 2.24) is 4.57 Å². The Morgan fingerprint density at radius 1 is 1.20 bits per heavy atom. The van der Waals surface area contributed by atoms with Crippen LogP contribution in [0.15, 0.2) is 36.5 Å². The van der Waals surface area contributed by atoms with E-state index in [1.54, 1.807) is 31.5 Å². The second-order valence-corrected chi connectivity index (χ2v) is 3.96. The monoisotopic (exact) mass is 275 g/mol. The fourth-order valence-electron chi connectivity index (χ4n) is 1.90. The van der Waals surface area contributed by atoms with Crippen molar-refractivity contribution >= 4 is 22.8 Å². The summed E-state index contributed by atoms with van der Waals surface area (Å²) in [6.07, 6.45) is 3.34. The molecule has 6 nitrogen and oxygen atoms in total. The molecule has 0 spiro atoms. The van der Waals surface area contributed by atoms with Gasteiger partial charge < -0.3 is 14.6 Å². The van der Waals surface area contributed by atoms with Crippen LogP contribution in [-0.2, 0) is 4.79 Å². The maximum Gasteiger partial charge on any atom is 0.328 e. The number of aliphatic carboxylic acids is 1. The second kappa shape index (κ2) is 5.48. The quantitative estimate of drug-likeness (QED) is 0.863. The Morgan fingerprint density at radius 2 is 1.95 bits per heavy atom. The van der Waals surface area contributed by atoms with Crippen molar-refractivity contribution < 1.29 is 24.2 Å². The van der Waals surface area contributed by atoms with Crippen LogP contribution in [0.25, 0.3) is 10.9 Å². The van der Waals surface area contributed by atoms with E-state index in [0.29, 0.717) is 17.0 Å². The number of carbonyl (C=O) groups excluding carboxylic acids is 1. The summed E-state index contributed by atoms with van der Waals surface area (Å²) in [5.74, 6) is -0.559. The molecule has 1 heterocycles. The van der Waals surface area contributed by atoms with Gasteiger partial charge in [0.1, 0.15) is 11.5 Å². The number of nitrogens with zero attached hydrogens (tertiary/aromatic N) is 1. The molecule has 0 aliphatic carbocycles. The van der Waals surface area contributed by atoms with Crippen LogP contribution < -0.4 is 9.47 Å². The van der Waals surface area contributed by atoms with E-state index in [1.165, 1.54) is 11.7 Å². The molecule has 1 aromatic heterocycles. The van der Waals surface area contributed by atoms with Crippen LogP contribution in [0.3, 0.4) is 0 Å². The number of aromatic nitrogens is 1. The lowest BCUT2D eigenvalue weighted by Gasteiger charge is -2.08. The van der Waals surface area contributed by atoms with Gasteiger partial charge in [-0.25, -0.2) is 4.79 Å². The number of methoxy groups -OCH3 is 2. The van der Waals surface area contributed by atoms with Gasteiger partial charge in [-0.1, -0.05) is 0 Å². The second-order valence-electron chi connectivity index (χ2n) is 3.96. The third-order valence-electron chi connectivity index (χ3n) is 2.78. The summed E-state index contributed by atoms with van der Waals surface area (Å²) in [5.41, 5.74) is 0.563. The van der Waals surface area contributed by atoms with Gasteiger partial charge in [0, 0.05) is 29.8 Å². The molecule has 0 saturated heterocycles. The Morgan fingerprint density at radius 3 is 2.55 bits per heavy atom. The fourth-order valence-corrected chi connectivity index (χ4v) is 1.90. The number of allylic oxidation sites excluding steroid dienone is 1. The van der Waals surface area contributed by atoms with Crippen LogP contribution in [0, 0.1) is 0 Å². The van der Waals surface area contributed by atoms with E-state index in [0.717, 1.165) is 17.5 Å². The molecular formula is C14H13NO5. The summed E-state index contributed by atoms with van der Waals surface area (Å²) in [7, 11) is 3.03. The summed E-state index contributed by atoms with van der Waals surface area (Å²) >= 11 is 0. The van der Waals surface area contributed by atoms with Crippen molar-refractivity contribution in [3.05, 3.63) is 36.5 Å². The van der Waals surface area contributed by atoms with E-state index in [9.17, 15) is 9.59 Å². The molecule has 0 fully saturated rings. The molecule has 0 unspecified atom stereocenters. The van der Waals surface area contributed by atoms with Gasteiger partial charge in [0.2, 0.25) is 0 Å². The first-order chi connectivity index (χ1) is 9.56. The standard InChI is InChI=1S/C14H13NO5/c1-19-10-7-9-5-6-15(12(16)3-4-13(17)18)14(9)11(8-10)20-2/h3-8H,1-2H3,(H,17,18)/b4-3+. The maximum atomic E-state index is 12.0. The Hall–Kier alpha value is -2.76. The summed E-state index contributed by atoms with van der Waals surface area (Å²) in [6.45, 7) is 0. The molecular weight excluding hydrogens is 262 g/mol. The van der Waals surface area contributed by atoms with Gasteiger partial charge in [-0.2, -0.15) is 0 Å². The minimum Gasteiger partial charge on any atom is -0.497 e. The largest absolute Gasteiger partial charge is 0.497 e. The van der Waals surface area contributed by atoms with Crippen LogP contribution in [0.5, 0.6) is 11.5 Å². The topological polar surface area (TPSA) is 77.8 Å². The molecule has 2 aromatic rings. The predicted molar refractivity (Wildman–Crippen MR) is 72.4 cm³/mol. The van der Waals surface area contributed by atoms with Gasteiger partial charge >= 0.3 is 5.97 Å². The lowest BCUT2D eigenvalue weighted by Crippen LogP contribution is -2.07. The van der Waals surface area contributed by atoms with Crippen LogP contribution in [0.2, 0.25) is 0 Å². The van der Waals surface area contributed by atoms with E-state index in [2.05, 4.69) is 0 Å². The zero-order valence-corrected chi connectivity index (χ0v) is 11.0. The number of carbonyl (C=O) groups is 2. The molecule has 0 aliphatic rings. The Bertz CT molecular complexity index is 699. The van der Waals surface area contributed by atoms with E-state index in [1.807, 2.05) is 0 Å². The Kier molecular flexibility index (Phi) is 3.74. The SMILES string of the molecule is COc1cc(OC)c2c(ccn2C(=O)/C=C/C(=O)O)c1. The molecule has 0 aliphatic heterocycles. The summed E-state index contributed by atoms with van der Waals surface area (Å²) in [6, 6.07) is 5.16. The summed E-state index contributed by atoms with van der Waals surface area (Å²) < 4.78 is 11.7. The molecule has 0 amide bonds. The number of rotatable bonds is 4. The molecule has 20 heavy (non-hydrogen) atoms. The van der Waals surface area contributed by atoms with Gasteiger partial charge in [0.15, 0.2) is 0 Å². The molecule has 104 valence electrons. The van der Waals surface area contributed by atoms with E-state index < -0.39 is 11.9 Å². The van der Waals surface area contributed by atoms with Gasteiger partial charge in [-0.05, 0) is 12.1 Å². The number of fused-ring (bicyclic) bond motifs is 1. The smallest absolute Gasteiger partial charge is 0.328 e. The highest BCUT2D eigenvalue weighted by Gasteiger charge is 2.13. The van der Waals surface area contributed by atoms with Gasteiger partial charge in [0.05, 0.1) is 19.7 Å². The number of hydrogen-bond donors (Lipinski definition) is 1. The number of ether oxygens (including phenoxy) is 2. The lowest BCUT2D eigenvalue weighted by molar-refractivity contribution is -0.131. The van der Waals surface area contributed by atoms with Crippen molar-refractivity contribution in [2.75, 3.05) is 14.2 Å². The molecule has 2 rings (SSSR count). The minimum atomic E-state index is -1.18. The highest BCUT2D eigenvalue weighted by atomic mass is 16.5. The number of carboxylic acid groups (broad SMARTS) is 1. The zero-order valence-electron chi connectivity index (χ0n) is 11.0. The van der Waals surface area contributed by atoms with Crippen LogP contribution in [0.4, 0.5) is 0 Å².